The van der Waals surface area contributed by atoms with Crippen molar-refractivity contribution in [3.05, 3.63) is 16.4 Å². The van der Waals surface area contributed by atoms with Gasteiger partial charge >= 0.3 is 6.09 Å². The summed E-state index contributed by atoms with van der Waals surface area (Å²) in [6.45, 7) is 5.53. The van der Waals surface area contributed by atoms with E-state index in [2.05, 4.69) is 16.9 Å². The molecule has 7 heteroatoms. The Balaban J connectivity index is 1.69. The SMILES string of the molecule is CCc1nn(C)c(Cl)c1CN1CCC[C@]2(CC1)CN(C)C(=O)O2. The Morgan fingerprint density at radius 1 is 1.30 bits per heavy atom. The lowest BCUT2D eigenvalue weighted by Crippen LogP contribution is -2.35. The van der Waals surface area contributed by atoms with Crippen molar-refractivity contribution in [3.63, 3.8) is 0 Å². The van der Waals surface area contributed by atoms with Crippen molar-refractivity contribution in [2.24, 2.45) is 7.05 Å². The molecule has 1 spiro atoms. The molecule has 3 rings (SSSR count). The molecule has 3 heterocycles. The number of halogens is 1. The summed E-state index contributed by atoms with van der Waals surface area (Å²) in [6.07, 6.45) is 3.53. The van der Waals surface area contributed by atoms with Gasteiger partial charge in [-0.15, -0.1) is 0 Å². The third kappa shape index (κ3) is 3.19. The molecule has 23 heavy (non-hydrogen) atoms. The minimum absolute atomic E-state index is 0.193. The van der Waals surface area contributed by atoms with Crippen molar-refractivity contribution in [1.82, 2.24) is 19.6 Å². The van der Waals surface area contributed by atoms with Crippen LogP contribution in [0.3, 0.4) is 0 Å². The van der Waals surface area contributed by atoms with Crippen LogP contribution in [-0.2, 0) is 24.8 Å². The quantitative estimate of drug-likeness (QED) is 0.848. The van der Waals surface area contributed by atoms with Gasteiger partial charge in [0.2, 0.25) is 0 Å². The van der Waals surface area contributed by atoms with Crippen LogP contribution in [0.15, 0.2) is 0 Å². The second-order valence-corrected chi connectivity index (χ2v) is 7.09. The zero-order valence-corrected chi connectivity index (χ0v) is 14.9. The number of likely N-dealkylation sites (N-methyl/N-ethyl adjacent to an activating group) is 1. The van der Waals surface area contributed by atoms with E-state index in [0.29, 0.717) is 6.54 Å². The van der Waals surface area contributed by atoms with E-state index in [1.54, 1.807) is 9.58 Å². The van der Waals surface area contributed by atoms with Gasteiger partial charge in [0.1, 0.15) is 10.8 Å². The number of ether oxygens (including phenoxy) is 1. The summed E-state index contributed by atoms with van der Waals surface area (Å²) in [6, 6.07) is 0. The molecule has 0 N–H and O–H groups in total. The molecular formula is C16H25ClN4O2. The standard InChI is InChI=1S/C16H25ClN4O2/c1-4-13-12(14(17)20(3)18-13)10-21-8-5-6-16(7-9-21)11-19(2)15(22)23-16/h4-11H2,1-3H3/t16-/m0/s1. The molecule has 2 aliphatic heterocycles. The van der Waals surface area contributed by atoms with E-state index in [-0.39, 0.29) is 11.7 Å². The van der Waals surface area contributed by atoms with Crippen LogP contribution in [0.5, 0.6) is 0 Å². The van der Waals surface area contributed by atoms with Crippen molar-refractivity contribution in [2.75, 3.05) is 26.7 Å². The van der Waals surface area contributed by atoms with Gasteiger partial charge in [0, 0.05) is 39.2 Å². The van der Waals surface area contributed by atoms with Gasteiger partial charge in [0.25, 0.3) is 0 Å². The Hall–Kier alpha value is -1.27. The predicted molar refractivity (Wildman–Crippen MR) is 88.6 cm³/mol. The fraction of sp³-hybridized carbons (Fsp3) is 0.750. The molecule has 1 atom stereocenters. The molecule has 0 aliphatic carbocycles. The number of hydrogen-bond donors (Lipinski definition) is 0. The molecule has 1 aromatic heterocycles. The van der Waals surface area contributed by atoms with Gasteiger partial charge in [-0.25, -0.2) is 4.79 Å². The van der Waals surface area contributed by atoms with Gasteiger partial charge in [0.15, 0.2) is 0 Å². The zero-order valence-electron chi connectivity index (χ0n) is 14.1. The molecule has 0 radical (unpaired) electrons. The van der Waals surface area contributed by atoms with Gasteiger partial charge < -0.3 is 9.64 Å². The number of carbonyl (C=O) groups is 1. The Labute approximate surface area is 142 Å². The fourth-order valence-electron chi connectivity index (χ4n) is 3.70. The van der Waals surface area contributed by atoms with E-state index in [0.717, 1.165) is 61.7 Å². The van der Waals surface area contributed by atoms with Crippen LogP contribution in [0.2, 0.25) is 5.15 Å². The van der Waals surface area contributed by atoms with E-state index in [4.69, 9.17) is 16.3 Å². The first kappa shape index (κ1) is 16.6. The molecule has 6 nitrogen and oxygen atoms in total. The highest BCUT2D eigenvalue weighted by atomic mass is 35.5. The van der Waals surface area contributed by atoms with Gasteiger partial charge in [-0.1, -0.05) is 18.5 Å². The van der Waals surface area contributed by atoms with Crippen LogP contribution in [-0.4, -0.2) is 58.0 Å². The van der Waals surface area contributed by atoms with E-state index in [1.165, 1.54) is 0 Å². The Bertz CT molecular complexity index is 603. The second-order valence-electron chi connectivity index (χ2n) is 6.73. The largest absolute Gasteiger partial charge is 0.441 e. The van der Waals surface area contributed by atoms with Crippen LogP contribution in [0.1, 0.15) is 37.4 Å². The minimum Gasteiger partial charge on any atom is -0.441 e. The molecule has 1 amide bonds. The molecule has 2 saturated heterocycles. The summed E-state index contributed by atoms with van der Waals surface area (Å²) < 4.78 is 7.42. The lowest BCUT2D eigenvalue weighted by Gasteiger charge is -2.25. The van der Waals surface area contributed by atoms with Crippen molar-refractivity contribution < 1.29 is 9.53 Å². The number of rotatable bonds is 3. The summed E-state index contributed by atoms with van der Waals surface area (Å²) in [5.74, 6) is 0. The van der Waals surface area contributed by atoms with Gasteiger partial charge in [-0.05, 0) is 25.8 Å². The molecule has 0 bridgehead atoms. The van der Waals surface area contributed by atoms with E-state index < -0.39 is 0 Å². The van der Waals surface area contributed by atoms with Gasteiger partial charge in [-0.3, -0.25) is 9.58 Å². The number of amides is 1. The molecule has 0 saturated carbocycles. The average Bonchev–Trinajstić information content (AvgIpc) is 2.85. The Morgan fingerprint density at radius 3 is 2.74 bits per heavy atom. The maximum atomic E-state index is 11.7. The van der Waals surface area contributed by atoms with Gasteiger partial charge in [-0.2, -0.15) is 5.10 Å². The molecule has 2 aliphatic rings. The molecule has 2 fully saturated rings. The summed E-state index contributed by atoms with van der Waals surface area (Å²) in [7, 11) is 3.69. The van der Waals surface area contributed by atoms with Crippen LogP contribution in [0.25, 0.3) is 0 Å². The monoisotopic (exact) mass is 340 g/mol. The highest BCUT2D eigenvalue weighted by Gasteiger charge is 2.44. The van der Waals surface area contributed by atoms with E-state index in [9.17, 15) is 4.79 Å². The number of likely N-dealkylation sites (tertiary alicyclic amines) is 1. The fourth-order valence-corrected chi connectivity index (χ4v) is 3.90. The lowest BCUT2D eigenvalue weighted by molar-refractivity contribution is 0.0443. The van der Waals surface area contributed by atoms with E-state index in [1.807, 2.05) is 14.1 Å². The zero-order chi connectivity index (χ0) is 16.6. The highest BCUT2D eigenvalue weighted by molar-refractivity contribution is 6.30. The number of aryl methyl sites for hydroxylation is 2. The van der Waals surface area contributed by atoms with Crippen molar-refractivity contribution in [1.29, 1.82) is 0 Å². The van der Waals surface area contributed by atoms with Crippen LogP contribution in [0, 0.1) is 0 Å². The first-order chi connectivity index (χ1) is 10.9. The third-order valence-corrected chi connectivity index (χ3v) is 5.47. The smallest absolute Gasteiger partial charge is 0.410 e. The highest BCUT2D eigenvalue weighted by Crippen LogP contribution is 2.33. The first-order valence-corrected chi connectivity index (χ1v) is 8.68. The predicted octanol–water partition coefficient (Wildman–Crippen LogP) is 2.44. The van der Waals surface area contributed by atoms with Gasteiger partial charge in [0.05, 0.1) is 12.2 Å². The third-order valence-electron chi connectivity index (χ3n) is 5.00. The van der Waals surface area contributed by atoms with Crippen molar-refractivity contribution >= 4 is 17.7 Å². The summed E-state index contributed by atoms with van der Waals surface area (Å²) in [5.41, 5.74) is 1.91. The second kappa shape index (κ2) is 6.32. The molecule has 0 unspecified atom stereocenters. The first-order valence-electron chi connectivity index (χ1n) is 8.31. The maximum absolute atomic E-state index is 11.7. The van der Waals surface area contributed by atoms with Crippen LogP contribution >= 0.6 is 11.6 Å². The average molecular weight is 341 g/mol. The molecular weight excluding hydrogens is 316 g/mol. The van der Waals surface area contributed by atoms with Crippen LogP contribution in [0.4, 0.5) is 4.79 Å². The van der Waals surface area contributed by atoms with Crippen LogP contribution < -0.4 is 0 Å². The Kier molecular flexibility index (Phi) is 4.56. The molecule has 0 aromatic carbocycles. The molecule has 1 aromatic rings. The summed E-state index contributed by atoms with van der Waals surface area (Å²) in [5, 5.41) is 5.22. The number of aromatic nitrogens is 2. The Morgan fingerprint density at radius 2 is 2.09 bits per heavy atom. The van der Waals surface area contributed by atoms with E-state index >= 15 is 0 Å². The summed E-state index contributed by atoms with van der Waals surface area (Å²) >= 11 is 6.41. The summed E-state index contributed by atoms with van der Waals surface area (Å²) in [4.78, 5) is 15.8. The van der Waals surface area contributed by atoms with Crippen molar-refractivity contribution in [3.8, 4) is 0 Å². The normalized spacial score (nSPS) is 25.9. The minimum atomic E-state index is -0.299. The number of hydrogen-bond acceptors (Lipinski definition) is 4. The topological polar surface area (TPSA) is 50.6 Å². The maximum Gasteiger partial charge on any atom is 0.410 e. The molecule has 128 valence electrons. The van der Waals surface area contributed by atoms with Crippen molar-refractivity contribution in [2.45, 2.75) is 44.8 Å². The number of nitrogens with zero attached hydrogens (tertiary/aromatic N) is 4. The lowest BCUT2D eigenvalue weighted by atomic mass is 9.95. The number of carbonyl (C=O) groups excluding carboxylic acids is 1.